The number of aryl methyl sites for hydroxylation is 2. The van der Waals surface area contributed by atoms with Crippen LogP contribution in [0.25, 0.3) is 0 Å². The van der Waals surface area contributed by atoms with Gasteiger partial charge in [0.2, 0.25) is 11.8 Å². The molecule has 0 saturated heterocycles. The van der Waals surface area contributed by atoms with Crippen molar-refractivity contribution in [2.45, 2.75) is 119 Å². The van der Waals surface area contributed by atoms with Gasteiger partial charge in [0.15, 0.2) is 0 Å². The third-order valence-electron chi connectivity index (χ3n) is 5.35. The van der Waals surface area contributed by atoms with E-state index in [-0.39, 0.29) is 23.8 Å². The second kappa shape index (κ2) is 11.9. The van der Waals surface area contributed by atoms with Crippen LogP contribution in [0.3, 0.4) is 0 Å². The summed E-state index contributed by atoms with van der Waals surface area (Å²) in [6, 6.07) is 3.87. The van der Waals surface area contributed by atoms with Crippen molar-refractivity contribution in [1.29, 1.82) is 0 Å². The number of hydrogen-bond donors (Lipinski definition) is 2. The van der Waals surface area contributed by atoms with Crippen molar-refractivity contribution in [3.8, 4) is 0 Å². The Bertz CT molecular complexity index is 874. The van der Waals surface area contributed by atoms with Crippen LogP contribution in [0.15, 0.2) is 18.2 Å². The lowest BCUT2D eigenvalue weighted by atomic mass is 9.91. The lowest BCUT2D eigenvalue weighted by Crippen LogP contribution is -2.56. The maximum atomic E-state index is 14.1. The van der Waals surface area contributed by atoms with Gasteiger partial charge in [-0.05, 0) is 98.3 Å². The molecule has 7 nitrogen and oxygen atoms in total. The van der Waals surface area contributed by atoms with Crippen LogP contribution in [0.1, 0.15) is 98.4 Å². The molecule has 0 spiro atoms. The molecule has 0 saturated carbocycles. The molecule has 0 fully saturated rings. The SMILES string of the molecule is Cc1cccc(C)c1C(C(=O)NC(C)(C)C)N(C(=O)C(CC(C)C)NC(=O)OC(C)(C)C)C(C)C. The molecule has 1 rings (SSSR count). The molecule has 1 aromatic rings. The maximum absolute atomic E-state index is 14.1. The minimum Gasteiger partial charge on any atom is -0.444 e. The third kappa shape index (κ3) is 9.54. The predicted octanol–water partition coefficient (Wildman–Crippen LogP) is 5.44. The quantitative estimate of drug-likeness (QED) is 0.509. The average molecular weight is 490 g/mol. The molecule has 0 aliphatic carbocycles. The molecule has 0 radical (unpaired) electrons. The van der Waals surface area contributed by atoms with Crippen molar-refractivity contribution in [3.05, 3.63) is 34.9 Å². The van der Waals surface area contributed by atoms with Gasteiger partial charge in [-0.15, -0.1) is 0 Å². The fourth-order valence-corrected chi connectivity index (χ4v) is 4.10. The number of alkyl carbamates (subject to hydrolysis) is 1. The summed E-state index contributed by atoms with van der Waals surface area (Å²) in [7, 11) is 0. The van der Waals surface area contributed by atoms with E-state index >= 15 is 0 Å². The Balaban J connectivity index is 3.60. The van der Waals surface area contributed by atoms with Crippen LogP contribution in [0, 0.1) is 19.8 Å². The highest BCUT2D eigenvalue weighted by Gasteiger charge is 2.40. The van der Waals surface area contributed by atoms with Gasteiger partial charge < -0.3 is 20.3 Å². The Morgan fingerprint density at radius 1 is 0.943 bits per heavy atom. The molecule has 2 atom stereocenters. The number of carbonyl (C=O) groups excluding carboxylic acids is 3. The molecule has 35 heavy (non-hydrogen) atoms. The molecule has 0 aliphatic heterocycles. The molecule has 7 heteroatoms. The molecule has 0 bridgehead atoms. The smallest absolute Gasteiger partial charge is 0.408 e. The van der Waals surface area contributed by atoms with Gasteiger partial charge in [-0.25, -0.2) is 4.79 Å². The largest absolute Gasteiger partial charge is 0.444 e. The monoisotopic (exact) mass is 489 g/mol. The fourth-order valence-electron chi connectivity index (χ4n) is 4.10. The standard InChI is InChI=1S/C28H47N3O4/c1-17(2)16-21(29-26(34)35-28(10,11)12)25(33)31(18(3)4)23(24(32)30-27(7,8)9)22-19(5)14-13-15-20(22)6/h13-15,17-18,21,23H,16H2,1-12H3,(H,29,34)(H,30,32). The summed E-state index contributed by atoms with van der Waals surface area (Å²) in [5.74, 6) is -0.427. The Morgan fingerprint density at radius 3 is 1.86 bits per heavy atom. The molecule has 198 valence electrons. The molecule has 1 aromatic carbocycles. The number of hydrogen-bond acceptors (Lipinski definition) is 4. The first kappa shape index (κ1) is 30.5. The van der Waals surface area contributed by atoms with Crippen LogP contribution in [0.2, 0.25) is 0 Å². The molecule has 0 aromatic heterocycles. The second-order valence-electron chi connectivity index (χ2n) is 12.1. The number of nitrogens with one attached hydrogen (secondary N) is 2. The lowest BCUT2D eigenvalue weighted by molar-refractivity contribution is -0.145. The first-order valence-electron chi connectivity index (χ1n) is 12.5. The molecule has 3 amide bonds. The number of nitrogens with zero attached hydrogens (tertiary/aromatic N) is 1. The zero-order chi connectivity index (χ0) is 27.3. The van der Waals surface area contributed by atoms with E-state index in [1.165, 1.54) is 0 Å². The second-order valence-corrected chi connectivity index (χ2v) is 12.1. The first-order valence-corrected chi connectivity index (χ1v) is 12.5. The number of ether oxygens (including phenoxy) is 1. The summed E-state index contributed by atoms with van der Waals surface area (Å²) < 4.78 is 5.44. The highest BCUT2D eigenvalue weighted by molar-refractivity contribution is 5.93. The van der Waals surface area contributed by atoms with E-state index in [0.717, 1.165) is 16.7 Å². The highest BCUT2D eigenvalue weighted by Crippen LogP contribution is 2.31. The van der Waals surface area contributed by atoms with Crippen LogP contribution < -0.4 is 10.6 Å². The number of benzene rings is 1. The summed E-state index contributed by atoms with van der Waals surface area (Å²) in [4.78, 5) is 42.1. The van der Waals surface area contributed by atoms with E-state index in [1.807, 2.05) is 80.5 Å². The summed E-state index contributed by atoms with van der Waals surface area (Å²) in [5, 5.41) is 5.85. The van der Waals surface area contributed by atoms with E-state index in [9.17, 15) is 14.4 Å². The van der Waals surface area contributed by atoms with Crippen LogP contribution >= 0.6 is 0 Å². The third-order valence-corrected chi connectivity index (χ3v) is 5.35. The Kier molecular flexibility index (Phi) is 10.4. The van der Waals surface area contributed by atoms with Crippen molar-refractivity contribution in [2.24, 2.45) is 5.92 Å². The first-order chi connectivity index (χ1) is 15.8. The Labute approximate surface area is 212 Å². The number of rotatable bonds is 8. The Morgan fingerprint density at radius 2 is 1.46 bits per heavy atom. The van der Waals surface area contributed by atoms with E-state index in [2.05, 4.69) is 10.6 Å². The number of amides is 3. The minimum atomic E-state index is -0.849. The zero-order valence-corrected chi connectivity index (χ0v) is 23.8. The van der Waals surface area contributed by atoms with Crippen LogP contribution in [-0.2, 0) is 14.3 Å². The Hall–Kier alpha value is -2.57. The highest BCUT2D eigenvalue weighted by atomic mass is 16.6. The van der Waals surface area contributed by atoms with Gasteiger partial charge in [0.1, 0.15) is 17.7 Å². The summed E-state index contributed by atoms with van der Waals surface area (Å²) >= 11 is 0. The van der Waals surface area contributed by atoms with E-state index in [0.29, 0.717) is 6.42 Å². The molecule has 0 aliphatic rings. The van der Waals surface area contributed by atoms with E-state index in [4.69, 9.17) is 4.74 Å². The summed E-state index contributed by atoms with van der Waals surface area (Å²) in [6.07, 6.45) is -0.232. The van der Waals surface area contributed by atoms with Gasteiger partial charge in [-0.2, -0.15) is 0 Å². The minimum absolute atomic E-state index is 0.134. The van der Waals surface area contributed by atoms with Gasteiger partial charge in [-0.3, -0.25) is 9.59 Å². The fraction of sp³-hybridized carbons (Fsp3) is 0.679. The van der Waals surface area contributed by atoms with Crippen LogP contribution in [0.5, 0.6) is 0 Å². The predicted molar refractivity (Wildman–Crippen MR) is 141 cm³/mol. The van der Waals surface area contributed by atoms with Crippen molar-refractivity contribution in [1.82, 2.24) is 15.5 Å². The van der Waals surface area contributed by atoms with Crippen molar-refractivity contribution < 1.29 is 19.1 Å². The summed E-state index contributed by atoms with van der Waals surface area (Å²) in [6.45, 7) is 22.8. The molecule has 2 N–H and O–H groups in total. The van der Waals surface area contributed by atoms with Crippen molar-refractivity contribution in [3.63, 3.8) is 0 Å². The van der Waals surface area contributed by atoms with Gasteiger partial charge in [0.25, 0.3) is 0 Å². The van der Waals surface area contributed by atoms with Crippen LogP contribution in [-0.4, -0.2) is 46.0 Å². The normalized spacial score (nSPS) is 13.9. The summed E-state index contributed by atoms with van der Waals surface area (Å²) in [5.41, 5.74) is 1.48. The zero-order valence-electron chi connectivity index (χ0n) is 23.8. The molecular weight excluding hydrogens is 442 g/mol. The lowest BCUT2D eigenvalue weighted by Gasteiger charge is -2.39. The van der Waals surface area contributed by atoms with Crippen molar-refractivity contribution in [2.75, 3.05) is 0 Å². The number of carbonyl (C=O) groups is 3. The van der Waals surface area contributed by atoms with E-state index < -0.39 is 29.3 Å². The van der Waals surface area contributed by atoms with Gasteiger partial charge in [0.05, 0.1) is 0 Å². The van der Waals surface area contributed by atoms with E-state index in [1.54, 1.807) is 25.7 Å². The maximum Gasteiger partial charge on any atom is 0.408 e. The van der Waals surface area contributed by atoms with Gasteiger partial charge in [-0.1, -0.05) is 32.0 Å². The molecular formula is C28H47N3O4. The van der Waals surface area contributed by atoms with Gasteiger partial charge >= 0.3 is 6.09 Å². The molecule has 2 unspecified atom stereocenters. The van der Waals surface area contributed by atoms with Crippen molar-refractivity contribution >= 4 is 17.9 Å². The average Bonchev–Trinajstić information content (AvgIpc) is 2.62. The molecule has 0 heterocycles. The van der Waals surface area contributed by atoms with Crippen LogP contribution in [0.4, 0.5) is 4.79 Å². The van der Waals surface area contributed by atoms with Gasteiger partial charge in [0, 0.05) is 11.6 Å². The topological polar surface area (TPSA) is 87.7 Å².